The Kier molecular flexibility index (Phi) is 3.97. The molecule has 18 heavy (non-hydrogen) atoms. The fourth-order valence-electron chi connectivity index (χ4n) is 1.71. The van der Waals surface area contributed by atoms with Crippen LogP contribution >= 0.6 is 15.9 Å². The van der Waals surface area contributed by atoms with Crippen molar-refractivity contribution < 1.29 is 4.39 Å². The third-order valence-electron chi connectivity index (χ3n) is 2.76. The van der Waals surface area contributed by atoms with Gasteiger partial charge < -0.3 is 4.90 Å². The van der Waals surface area contributed by atoms with Crippen LogP contribution in [0.25, 0.3) is 0 Å². The van der Waals surface area contributed by atoms with Crippen LogP contribution in [0.2, 0.25) is 0 Å². The molecule has 0 saturated carbocycles. The van der Waals surface area contributed by atoms with E-state index in [0.29, 0.717) is 12.1 Å². The van der Waals surface area contributed by atoms with Crippen LogP contribution in [0.15, 0.2) is 40.9 Å². The lowest BCUT2D eigenvalue weighted by atomic mass is 10.2. The summed E-state index contributed by atoms with van der Waals surface area (Å²) in [4.78, 5) is 6.38. The summed E-state index contributed by atoms with van der Waals surface area (Å²) in [7, 11) is 1.90. The average molecular weight is 309 g/mol. The normalized spacial score (nSPS) is 10.4. The number of rotatable bonds is 3. The molecule has 0 radical (unpaired) electrons. The second kappa shape index (κ2) is 5.48. The molecular formula is C14H14BrFN2. The maximum atomic E-state index is 13.6. The number of anilines is 1. The smallest absolute Gasteiger partial charge is 0.128 e. The zero-order chi connectivity index (χ0) is 13.1. The van der Waals surface area contributed by atoms with Crippen molar-refractivity contribution in [2.45, 2.75) is 13.5 Å². The van der Waals surface area contributed by atoms with E-state index >= 15 is 0 Å². The largest absolute Gasteiger partial charge is 0.355 e. The standard InChI is InChI=1S/C14H14BrFN2/c1-10-12(15)7-8-14(17-10)18(2)9-11-5-3-4-6-13(11)16/h3-8H,9H2,1-2H3. The zero-order valence-corrected chi connectivity index (χ0v) is 11.9. The number of nitrogens with zero attached hydrogens (tertiary/aromatic N) is 2. The topological polar surface area (TPSA) is 16.1 Å². The van der Waals surface area contributed by atoms with E-state index in [2.05, 4.69) is 20.9 Å². The van der Waals surface area contributed by atoms with E-state index in [4.69, 9.17) is 0 Å². The highest BCUT2D eigenvalue weighted by atomic mass is 79.9. The first-order valence-corrected chi connectivity index (χ1v) is 6.45. The number of hydrogen-bond acceptors (Lipinski definition) is 2. The molecule has 4 heteroatoms. The summed E-state index contributed by atoms with van der Waals surface area (Å²) in [6.07, 6.45) is 0. The van der Waals surface area contributed by atoms with Crippen LogP contribution in [0.4, 0.5) is 10.2 Å². The van der Waals surface area contributed by atoms with Gasteiger partial charge in [0.05, 0.1) is 5.69 Å². The SMILES string of the molecule is Cc1nc(N(C)Cc2ccccc2F)ccc1Br. The van der Waals surface area contributed by atoms with Crippen LogP contribution in [0.5, 0.6) is 0 Å². The summed E-state index contributed by atoms with van der Waals surface area (Å²) in [6, 6.07) is 10.7. The van der Waals surface area contributed by atoms with Gasteiger partial charge in [-0.3, -0.25) is 0 Å². The Morgan fingerprint density at radius 3 is 2.61 bits per heavy atom. The van der Waals surface area contributed by atoms with Crippen molar-refractivity contribution in [2.75, 3.05) is 11.9 Å². The summed E-state index contributed by atoms with van der Waals surface area (Å²) in [5, 5.41) is 0. The number of hydrogen-bond donors (Lipinski definition) is 0. The molecule has 0 fully saturated rings. The monoisotopic (exact) mass is 308 g/mol. The van der Waals surface area contributed by atoms with Gasteiger partial charge in [0.25, 0.3) is 0 Å². The van der Waals surface area contributed by atoms with Crippen LogP contribution in [-0.4, -0.2) is 12.0 Å². The number of aromatic nitrogens is 1. The second-order valence-electron chi connectivity index (χ2n) is 4.18. The Balaban J connectivity index is 2.19. The Labute approximate surface area is 115 Å². The molecule has 1 aromatic heterocycles. The predicted octanol–water partition coefficient (Wildman–Crippen LogP) is 3.93. The summed E-state index contributed by atoms with van der Waals surface area (Å²) < 4.78 is 14.5. The summed E-state index contributed by atoms with van der Waals surface area (Å²) in [5.41, 5.74) is 1.59. The van der Waals surface area contributed by atoms with Gasteiger partial charge in [0.1, 0.15) is 11.6 Å². The predicted molar refractivity (Wildman–Crippen MR) is 75.2 cm³/mol. The molecular weight excluding hydrogens is 295 g/mol. The Morgan fingerprint density at radius 1 is 1.22 bits per heavy atom. The molecule has 1 heterocycles. The van der Waals surface area contributed by atoms with Gasteiger partial charge >= 0.3 is 0 Å². The lowest BCUT2D eigenvalue weighted by molar-refractivity contribution is 0.607. The van der Waals surface area contributed by atoms with Gasteiger partial charge in [-0.25, -0.2) is 9.37 Å². The highest BCUT2D eigenvalue weighted by molar-refractivity contribution is 9.10. The first-order chi connectivity index (χ1) is 8.58. The first-order valence-electron chi connectivity index (χ1n) is 5.65. The van der Waals surface area contributed by atoms with Crippen molar-refractivity contribution in [2.24, 2.45) is 0 Å². The highest BCUT2D eigenvalue weighted by Gasteiger charge is 2.08. The van der Waals surface area contributed by atoms with Gasteiger partial charge in [-0.2, -0.15) is 0 Å². The van der Waals surface area contributed by atoms with Gasteiger partial charge in [0.2, 0.25) is 0 Å². The maximum absolute atomic E-state index is 13.6. The van der Waals surface area contributed by atoms with E-state index in [1.165, 1.54) is 6.07 Å². The third kappa shape index (κ3) is 2.88. The van der Waals surface area contributed by atoms with Crippen LogP contribution in [-0.2, 0) is 6.54 Å². The molecule has 0 aliphatic heterocycles. The minimum Gasteiger partial charge on any atom is -0.355 e. The van der Waals surface area contributed by atoms with Crippen molar-refractivity contribution in [3.63, 3.8) is 0 Å². The molecule has 0 N–H and O–H groups in total. The summed E-state index contributed by atoms with van der Waals surface area (Å²) >= 11 is 3.42. The third-order valence-corrected chi connectivity index (χ3v) is 3.60. The molecule has 0 saturated heterocycles. The summed E-state index contributed by atoms with van der Waals surface area (Å²) in [6.45, 7) is 2.44. The average Bonchev–Trinajstić information content (AvgIpc) is 2.35. The van der Waals surface area contributed by atoms with Gasteiger partial charge in [0, 0.05) is 23.6 Å². The lowest BCUT2D eigenvalue weighted by Gasteiger charge is -2.19. The van der Waals surface area contributed by atoms with Crippen molar-refractivity contribution >= 4 is 21.7 Å². The lowest BCUT2D eigenvalue weighted by Crippen LogP contribution is -2.18. The molecule has 2 nitrogen and oxygen atoms in total. The molecule has 0 aliphatic rings. The van der Waals surface area contributed by atoms with E-state index in [-0.39, 0.29) is 5.82 Å². The number of benzene rings is 1. The van der Waals surface area contributed by atoms with Crippen molar-refractivity contribution in [1.82, 2.24) is 4.98 Å². The molecule has 0 bridgehead atoms. The van der Waals surface area contributed by atoms with Gasteiger partial charge in [-0.15, -0.1) is 0 Å². The molecule has 0 spiro atoms. The molecule has 0 amide bonds. The number of halogens is 2. The molecule has 94 valence electrons. The Morgan fingerprint density at radius 2 is 1.94 bits per heavy atom. The van der Waals surface area contributed by atoms with E-state index in [9.17, 15) is 4.39 Å². The molecule has 1 aromatic carbocycles. The second-order valence-corrected chi connectivity index (χ2v) is 5.04. The summed E-state index contributed by atoms with van der Waals surface area (Å²) in [5.74, 6) is 0.650. The van der Waals surface area contributed by atoms with Crippen molar-refractivity contribution in [3.8, 4) is 0 Å². The van der Waals surface area contributed by atoms with Gasteiger partial charge in [0.15, 0.2) is 0 Å². The van der Waals surface area contributed by atoms with Crippen molar-refractivity contribution in [1.29, 1.82) is 0 Å². The van der Waals surface area contributed by atoms with Gasteiger partial charge in [-0.1, -0.05) is 18.2 Å². The Hall–Kier alpha value is -1.42. The first kappa shape index (κ1) is 13.0. The fraction of sp³-hybridized carbons (Fsp3) is 0.214. The van der Waals surface area contributed by atoms with E-state index in [0.717, 1.165) is 16.0 Å². The number of aryl methyl sites for hydroxylation is 1. The van der Waals surface area contributed by atoms with Crippen molar-refractivity contribution in [3.05, 3.63) is 57.9 Å². The van der Waals surface area contributed by atoms with E-state index < -0.39 is 0 Å². The molecule has 2 rings (SSSR count). The Bertz CT molecular complexity index is 557. The molecule has 0 aliphatic carbocycles. The maximum Gasteiger partial charge on any atom is 0.128 e. The van der Waals surface area contributed by atoms with E-state index in [1.807, 2.05) is 37.1 Å². The molecule has 0 atom stereocenters. The highest BCUT2D eigenvalue weighted by Crippen LogP contribution is 2.20. The fourth-order valence-corrected chi connectivity index (χ4v) is 1.93. The number of pyridine rings is 1. The van der Waals surface area contributed by atoms with Crippen LogP contribution in [0, 0.1) is 12.7 Å². The molecule has 0 unspecified atom stereocenters. The van der Waals surface area contributed by atoms with Crippen LogP contribution < -0.4 is 4.90 Å². The zero-order valence-electron chi connectivity index (χ0n) is 10.3. The van der Waals surface area contributed by atoms with E-state index in [1.54, 1.807) is 12.1 Å². The molecule has 2 aromatic rings. The van der Waals surface area contributed by atoms with Crippen LogP contribution in [0.1, 0.15) is 11.3 Å². The minimum absolute atomic E-state index is 0.182. The minimum atomic E-state index is -0.182. The van der Waals surface area contributed by atoms with Crippen LogP contribution in [0.3, 0.4) is 0 Å². The quantitative estimate of drug-likeness (QED) is 0.854. The van der Waals surface area contributed by atoms with Gasteiger partial charge in [-0.05, 0) is 41.1 Å².